The van der Waals surface area contributed by atoms with E-state index >= 15 is 0 Å². The molecule has 0 amide bonds. The number of thiocarbonyl (C=S) groups is 1. The molecular weight excluding hydrogens is 554 g/mol. The minimum Gasteiger partial charge on any atom is -0.457 e. The molecular formula is C31H32ClN7OS. The Morgan fingerprint density at radius 1 is 0.829 bits per heavy atom. The number of nitrogens with zero attached hydrogens (tertiary/aromatic N) is 5. The van der Waals surface area contributed by atoms with Gasteiger partial charge in [-0.05, 0) is 93.1 Å². The molecule has 2 N–H and O–H groups in total. The van der Waals surface area contributed by atoms with Crippen molar-refractivity contribution in [1.82, 2.24) is 14.9 Å². The van der Waals surface area contributed by atoms with Gasteiger partial charge in [0, 0.05) is 54.0 Å². The fourth-order valence-electron chi connectivity index (χ4n) is 4.62. The van der Waals surface area contributed by atoms with Crippen LogP contribution in [0.2, 0.25) is 5.02 Å². The first-order valence-electron chi connectivity index (χ1n) is 13.4. The molecule has 41 heavy (non-hydrogen) atoms. The van der Waals surface area contributed by atoms with Gasteiger partial charge in [-0.1, -0.05) is 35.9 Å². The SMILES string of the molecule is Cc1cc(C)nc(N/C(=N/C(=S)Nc2ccc(Oc3ccccc3)cc2)N2CCN(c3cc(Cl)ccc3C)CC2)n1. The summed E-state index contributed by atoms with van der Waals surface area (Å²) in [5.74, 6) is 2.60. The molecule has 0 aliphatic carbocycles. The number of aryl methyl sites for hydroxylation is 3. The van der Waals surface area contributed by atoms with Gasteiger partial charge in [0.15, 0.2) is 0 Å². The average Bonchev–Trinajstić information content (AvgIpc) is 2.95. The number of guanidine groups is 1. The lowest BCUT2D eigenvalue weighted by Gasteiger charge is -2.38. The Morgan fingerprint density at radius 3 is 2.17 bits per heavy atom. The monoisotopic (exact) mass is 585 g/mol. The average molecular weight is 586 g/mol. The standard InChI is InChI=1S/C31H32ClN7OS/c1-21-9-10-24(32)20-28(21)38-15-17-39(18-16-38)30(36-29-33-22(2)19-23(3)34-29)37-31(41)35-25-11-13-27(14-12-25)40-26-7-5-4-6-8-26/h4-14,19-20H,15-18H2,1-3H3,(H2,33,34,35,36,37,41). The van der Waals surface area contributed by atoms with Gasteiger partial charge in [0.25, 0.3) is 0 Å². The lowest BCUT2D eigenvalue weighted by atomic mass is 10.1. The third kappa shape index (κ3) is 7.71. The van der Waals surface area contributed by atoms with E-state index in [0.717, 1.165) is 65.5 Å². The number of hydrogen-bond acceptors (Lipinski definition) is 5. The van der Waals surface area contributed by atoms with Gasteiger partial charge < -0.3 is 19.9 Å². The maximum atomic E-state index is 6.29. The van der Waals surface area contributed by atoms with E-state index in [0.29, 0.717) is 17.0 Å². The quantitative estimate of drug-likeness (QED) is 0.150. The van der Waals surface area contributed by atoms with Crippen molar-refractivity contribution in [1.29, 1.82) is 0 Å². The largest absolute Gasteiger partial charge is 0.457 e. The van der Waals surface area contributed by atoms with E-state index in [1.165, 1.54) is 5.56 Å². The molecule has 1 aliphatic heterocycles. The number of hydrogen-bond donors (Lipinski definition) is 2. The Bertz CT molecular complexity index is 1520. The van der Waals surface area contributed by atoms with E-state index in [9.17, 15) is 0 Å². The van der Waals surface area contributed by atoms with E-state index < -0.39 is 0 Å². The van der Waals surface area contributed by atoms with Crippen LogP contribution in [0.25, 0.3) is 0 Å². The molecule has 0 atom stereocenters. The van der Waals surface area contributed by atoms with Crippen molar-refractivity contribution in [2.75, 3.05) is 41.7 Å². The zero-order valence-electron chi connectivity index (χ0n) is 23.3. The first kappa shape index (κ1) is 28.3. The molecule has 2 heterocycles. The van der Waals surface area contributed by atoms with Crippen molar-refractivity contribution in [2.24, 2.45) is 4.99 Å². The number of ether oxygens (including phenoxy) is 1. The zero-order chi connectivity index (χ0) is 28.8. The predicted molar refractivity (Wildman–Crippen MR) is 172 cm³/mol. The topological polar surface area (TPSA) is 77.9 Å². The summed E-state index contributed by atoms with van der Waals surface area (Å²) in [5.41, 5.74) is 4.91. The summed E-state index contributed by atoms with van der Waals surface area (Å²) in [6, 6.07) is 25.2. The highest BCUT2D eigenvalue weighted by Crippen LogP contribution is 2.26. The van der Waals surface area contributed by atoms with Crippen LogP contribution in [0.5, 0.6) is 11.5 Å². The maximum absolute atomic E-state index is 6.29. The lowest BCUT2D eigenvalue weighted by Crippen LogP contribution is -2.51. The van der Waals surface area contributed by atoms with E-state index in [1.807, 2.05) is 86.6 Å². The molecule has 1 saturated heterocycles. The third-order valence-corrected chi connectivity index (χ3v) is 7.02. The van der Waals surface area contributed by atoms with E-state index in [2.05, 4.69) is 43.4 Å². The Labute approximate surface area is 251 Å². The van der Waals surface area contributed by atoms with Crippen LogP contribution in [-0.2, 0) is 0 Å². The summed E-state index contributed by atoms with van der Waals surface area (Å²) in [6.07, 6.45) is 0. The van der Waals surface area contributed by atoms with Crippen molar-refractivity contribution in [3.05, 3.63) is 101 Å². The number of para-hydroxylation sites is 1. The molecule has 1 aromatic heterocycles. The summed E-state index contributed by atoms with van der Waals surface area (Å²) in [6.45, 7) is 9.07. The maximum Gasteiger partial charge on any atom is 0.229 e. The molecule has 0 saturated carbocycles. The van der Waals surface area contributed by atoms with E-state index in [4.69, 9.17) is 33.5 Å². The van der Waals surface area contributed by atoms with Crippen LogP contribution in [0.1, 0.15) is 17.0 Å². The fraction of sp³-hybridized carbons (Fsp3) is 0.226. The molecule has 0 radical (unpaired) electrons. The Morgan fingerprint density at radius 2 is 1.49 bits per heavy atom. The number of halogens is 1. The first-order chi connectivity index (χ1) is 19.8. The molecule has 0 spiro atoms. The van der Waals surface area contributed by atoms with Crippen LogP contribution in [-0.4, -0.2) is 52.1 Å². The summed E-state index contributed by atoms with van der Waals surface area (Å²) in [7, 11) is 0. The second-order valence-corrected chi connectivity index (χ2v) is 10.6. The van der Waals surface area contributed by atoms with Gasteiger partial charge in [0.2, 0.25) is 17.0 Å². The second-order valence-electron chi connectivity index (χ2n) is 9.81. The minimum absolute atomic E-state index is 0.321. The predicted octanol–water partition coefficient (Wildman–Crippen LogP) is 6.83. The second kappa shape index (κ2) is 13.0. The summed E-state index contributed by atoms with van der Waals surface area (Å²) in [4.78, 5) is 18.4. The number of nitrogens with one attached hydrogen (secondary N) is 2. The van der Waals surface area contributed by atoms with Crippen LogP contribution in [0.3, 0.4) is 0 Å². The third-order valence-electron chi connectivity index (χ3n) is 6.59. The molecule has 0 unspecified atom stereocenters. The normalized spacial score (nSPS) is 13.6. The summed E-state index contributed by atoms with van der Waals surface area (Å²) in [5, 5.41) is 7.60. The molecule has 4 aromatic rings. The number of anilines is 3. The summed E-state index contributed by atoms with van der Waals surface area (Å²) >= 11 is 11.9. The van der Waals surface area contributed by atoms with Crippen LogP contribution in [0, 0.1) is 20.8 Å². The Balaban J connectivity index is 1.30. The molecule has 5 rings (SSSR count). The van der Waals surface area contributed by atoms with E-state index in [1.54, 1.807) is 0 Å². The molecule has 0 bridgehead atoms. The first-order valence-corrected chi connectivity index (χ1v) is 14.2. The number of aromatic nitrogens is 2. The Hall–Kier alpha value is -4.21. The van der Waals surface area contributed by atoms with Crippen molar-refractivity contribution in [3.63, 3.8) is 0 Å². The van der Waals surface area contributed by atoms with E-state index in [-0.39, 0.29) is 0 Å². The van der Waals surface area contributed by atoms with Gasteiger partial charge in [-0.25, -0.2) is 9.97 Å². The van der Waals surface area contributed by atoms with Gasteiger partial charge >= 0.3 is 0 Å². The van der Waals surface area contributed by atoms with Crippen molar-refractivity contribution >= 4 is 52.2 Å². The van der Waals surface area contributed by atoms with Crippen LogP contribution >= 0.6 is 23.8 Å². The lowest BCUT2D eigenvalue weighted by molar-refractivity contribution is 0.385. The van der Waals surface area contributed by atoms with Gasteiger partial charge in [0.05, 0.1) is 0 Å². The van der Waals surface area contributed by atoms with Crippen molar-refractivity contribution in [3.8, 4) is 11.5 Å². The summed E-state index contributed by atoms with van der Waals surface area (Å²) < 4.78 is 5.89. The van der Waals surface area contributed by atoms with Crippen LogP contribution in [0.15, 0.2) is 83.9 Å². The highest BCUT2D eigenvalue weighted by Gasteiger charge is 2.22. The van der Waals surface area contributed by atoms with Crippen LogP contribution in [0.4, 0.5) is 17.3 Å². The van der Waals surface area contributed by atoms with Gasteiger partial charge in [0.1, 0.15) is 11.5 Å². The molecule has 1 aliphatic rings. The number of benzene rings is 3. The molecule has 210 valence electrons. The molecule has 1 fully saturated rings. The smallest absolute Gasteiger partial charge is 0.229 e. The number of rotatable bonds is 5. The van der Waals surface area contributed by atoms with Crippen LogP contribution < -0.4 is 20.3 Å². The van der Waals surface area contributed by atoms with Gasteiger partial charge in [-0.2, -0.15) is 4.99 Å². The molecule has 3 aromatic carbocycles. The van der Waals surface area contributed by atoms with Gasteiger partial charge in [-0.3, -0.25) is 5.32 Å². The van der Waals surface area contributed by atoms with Crippen molar-refractivity contribution < 1.29 is 4.74 Å². The highest BCUT2D eigenvalue weighted by molar-refractivity contribution is 7.80. The molecule has 10 heteroatoms. The zero-order valence-corrected chi connectivity index (χ0v) is 24.8. The minimum atomic E-state index is 0.321. The molecule has 8 nitrogen and oxygen atoms in total. The van der Waals surface area contributed by atoms with Crippen molar-refractivity contribution in [2.45, 2.75) is 20.8 Å². The highest BCUT2D eigenvalue weighted by atomic mass is 35.5. The number of aliphatic imine (C=N–C) groups is 1. The van der Waals surface area contributed by atoms with Gasteiger partial charge in [-0.15, -0.1) is 0 Å². The fourth-order valence-corrected chi connectivity index (χ4v) is 4.99. The number of piperazine rings is 1. The Kier molecular flexibility index (Phi) is 8.96.